The summed E-state index contributed by atoms with van der Waals surface area (Å²) in [5, 5.41) is 7.44. The topological polar surface area (TPSA) is 87.5 Å². The smallest absolute Gasteiger partial charge is 0.263 e. The number of amides is 1. The lowest BCUT2D eigenvalue weighted by Gasteiger charge is -2.35. The Morgan fingerprint density at radius 3 is 2.56 bits per heavy atom. The largest absolute Gasteiger partial charge is 0.369 e. The number of carbonyl (C=O) groups is 1. The quantitative estimate of drug-likeness (QED) is 0.582. The number of benzene rings is 2. The fourth-order valence-electron chi connectivity index (χ4n) is 4.64. The highest BCUT2D eigenvalue weighted by molar-refractivity contribution is 7.89. The van der Waals surface area contributed by atoms with E-state index >= 15 is 0 Å². The molecule has 0 atom stereocenters. The maximum Gasteiger partial charge on any atom is 0.263 e. The number of aryl methyl sites for hydroxylation is 3. The van der Waals surface area contributed by atoms with E-state index in [-0.39, 0.29) is 23.7 Å². The Morgan fingerprint density at radius 2 is 1.79 bits per heavy atom. The van der Waals surface area contributed by atoms with Gasteiger partial charge in [0.15, 0.2) is 0 Å². The van der Waals surface area contributed by atoms with Crippen LogP contribution in [0.3, 0.4) is 0 Å². The Labute approximate surface area is 204 Å². The number of carbonyl (C=O) groups excluding carboxylic acids is 1. The van der Waals surface area contributed by atoms with Crippen molar-refractivity contribution in [3.8, 4) is 0 Å². The van der Waals surface area contributed by atoms with Crippen LogP contribution >= 0.6 is 11.6 Å². The predicted octanol–water partition coefficient (Wildman–Crippen LogP) is 3.33. The molecule has 0 unspecified atom stereocenters. The number of rotatable bonds is 5. The molecule has 3 aromatic rings. The maximum atomic E-state index is 13.5. The number of sulfonamides is 1. The summed E-state index contributed by atoms with van der Waals surface area (Å²) < 4.78 is 29.7. The second-order valence-electron chi connectivity index (χ2n) is 8.68. The third-order valence-corrected chi connectivity index (χ3v) is 8.46. The highest BCUT2D eigenvalue weighted by Gasteiger charge is 2.34. The summed E-state index contributed by atoms with van der Waals surface area (Å²) in [5.41, 5.74) is 4.19. The first kappa shape index (κ1) is 22.9. The fourth-order valence-corrected chi connectivity index (χ4v) is 6.37. The molecule has 0 spiro atoms. The minimum Gasteiger partial charge on any atom is -0.369 e. The normalized spacial score (nSPS) is 16.5. The van der Waals surface area contributed by atoms with Crippen molar-refractivity contribution < 1.29 is 13.2 Å². The third-order valence-electron chi connectivity index (χ3n) is 6.39. The summed E-state index contributed by atoms with van der Waals surface area (Å²) in [6.45, 7) is 1.61. The third kappa shape index (κ3) is 4.43. The van der Waals surface area contributed by atoms with Gasteiger partial charge in [-0.3, -0.25) is 9.48 Å². The van der Waals surface area contributed by atoms with Gasteiger partial charge < -0.3 is 10.2 Å². The summed E-state index contributed by atoms with van der Waals surface area (Å²) in [7, 11) is -2.33. The Morgan fingerprint density at radius 1 is 1.03 bits per heavy atom. The van der Waals surface area contributed by atoms with E-state index < -0.39 is 15.9 Å². The van der Waals surface area contributed by atoms with Crippen molar-refractivity contribution in [1.29, 1.82) is 0 Å². The molecule has 8 nitrogen and oxygen atoms in total. The summed E-state index contributed by atoms with van der Waals surface area (Å²) in [4.78, 5) is 15.2. The van der Waals surface area contributed by atoms with Gasteiger partial charge in [0.1, 0.15) is 0 Å². The Bertz CT molecular complexity index is 1350. The van der Waals surface area contributed by atoms with Crippen LogP contribution in [-0.2, 0) is 29.9 Å². The first-order valence-electron chi connectivity index (χ1n) is 11.3. The van der Waals surface area contributed by atoms with Crippen molar-refractivity contribution in [2.24, 2.45) is 7.05 Å². The second-order valence-corrected chi connectivity index (χ2v) is 11.0. The zero-order chi connectivity index (χ0) is 23.9. The average Bonchev–Trinajstić information content (AvgIpc) is 3.45. The molecule has 1 saturated heterocycles. The Kier molecular flexibility index (Phi) is 6.09. The van der Waals surface area contributed by atoms with Crippen molar-refractivity contribution >= 4 is 38.9 Å². The number of hydrogen-bond donors (Lipinski definition) is 1. The standard InChI is InChI=1S/C24H26ClN5O3S/c1-28-16-22(23(31)26-20-9-8-17-4-2-5-18(17)14-20)24(27-28)34(32,33)30-12-10-29(11-13-30)21-7-3-6-19(25)15-21/h3,6-9,14-16H,2,4-5,10-13H2,1H3,(H,26,31). The van der Waals surface area contributed by atoms with E-state index in [1.807, 2.05) is 42.5 Å². The van der Waals surface area contributed by atoms with Crippen LogP contribution in [0, 0.1) is 0 Å². The van der Waals surface area contributed by atoms with Crippen molar-refractivity contribution in [1.82, 2.24) is 14.1 Å². The van der Waals surface area contributed by atoms with Crippen molar-refractivity contribution in [2.45, 2.75) is 24.3 Å². The number of nitrogens with one attached hydrogen (secondary N) is 1. The number of aromatic nitrogens is 2. The number of anilines is 2. The van der Waals surface area contributed by atoms with E-state index in [9.17, 15) is 13.2 Å². The average molecular weight is 500 g/mol. The van der Waals surface area contributed by atoms with Crippen LogP contribution in [0.25, 0.3) is 0 Å². The van der Waals surface area contributed by atoms with Gasteiger partial charge >= 0.3 is 0 Å². The van der Waals surface area contributed by atoms with E-state index in [0.29, 0.717) is 23.8 Å². The van der Waals surface area contributed by atoms with Crippen molar-refractivity contribution in [3.05, 3.63) is 70.4 Å². The molecule has 178 valence electrons. The lowest BCUT2D eigenvalue weighted by molar-refractivity contribution is 0.102. The summed E-state index contributed by atoms with van der Waals surface area (Å²) >= 11 is 6.10. The first-order valence-corrected chi connectivity index (χ1v) is 13.1. The molecule has 10 heteroatoms. The molecule has 2 aromatic carbocycles. The molecule has 0 saturated carbocycles. The van der Waals surface area contributed by atoms with E-state index in [4.69, 9.17) is 11.6 Å². The molecule has 1 aliphatic carbocycles. The Hall–Kier alpha value is -2.88. The molecule has 1 N–H and O–H groups in total. The Balaban J connectivity index is 1.33. The van der Waals surface area contributed by atoms with Crippen LogP contribution in [-0.4, -0.2) is 54.6 Å². The number of halogens is 1. The van der Waals surface area contributed by atoms with Gasteiger partial charge in [-0.25, -0.2) is 8.42 Å². The number of fused-ring (bicyclic) bond motifs is 1. The van der Waals surface area contributed by atoms with Gasteiger partial charge in [-0.1, -0.05) is 23.7 Å². The van der Waals surface area contributed by atoms with Crippen LogP contribution in [0.2, 0.25) is 5.02 Å². The molecule has 1 amide bonds. The lowest BCUT2D eigenvalue weighted by Crippen LogP contribution is -2.49. The second kappa shape index (κ2) is 9.05. The maximum absolute atomic E-state index is 13.5. The molecule has 1 aliphatic heterocycles. The van der Waals surface area contributed by atoms with Gasteiger partial charge in [-0.05, 0) is 60.7 Å². The molecule has 0 radical (unpaired) electrons. The summed E-state index contributed by atoms with van der Waals surface area (Å²) in [5.74, 6) is -0.484. The molecule has 0 bridgehead atoms. The zero-order valence-corrected chi connectivity index (χ0v) is 20.4. The van der Waals surface area contributed by atoms with E-state index in [2.05, 4.69) is 15.3 Å². The minimum absolute atomic E-state index is 0.0419. The predicted molar refractivity (Wildman–Crippen MR) is 132 cm³/mol. The monoisotopic (exact) mass is 499 g/mol. The van der Waals surface area contributed by atoms with Gasteiger partial charge in [0, 0.05) is 55.8 Å². The van der Waals surface area contributed by atoms with E-state index in [1.54, 1.807) is 7.05 Å². The van der Waals surface area contributed by atoms with Crippen molar-refractivity contribution in [2.75, 3.05) is 36.4 Å². The van der Waals surface area contributed by atoms with Crippen molar-refractivity contribution in [3.63, 3.8) is 0 Å². The van der Waals surface area contributed by atoms with Gasteiger partial charge in [0.2, 0.25) is 5.03 Å². The minimum atomic E-state index is -3.94. The van der Waals surface area contributed by atoms with Gasteiger partial charge in [0.25, 0.3) is 15.9 Å². The number of piperazine rings is 1. The van der Waals surface area contributed by atoms with Crippen LogP contribution in [0.4, 0.5) is 11.4 Å². The molecule has 1 fully saturated rings. The molecule has 34 heavy (non-hydrogen) atoms. The van der Waals surface area contributed by atoms with E-state index in [1.165, 1.54) is 26.3 Å². The zero-order valence-electron chi connectivity index (χ0n) is 18.9. The molecule has 1 aromatic heterocycles. The molecular weight excluding hydrogens is 474 g/mol. The number of hydrogen-bond acceptors (Lipinski definition) is 5. The highest BCUT2D eigenvalue weighted by Crippen LogP contribution is 2.27. The van der Waals surface area contributed by atoms with Crippen LogP contribution in [0.5, 0.6) is 0 Å². The SMILES string of the molecule is Cn1cc(C(=O)Nc2ccc3c(c2)CCC3)c(S(=O)(=O)N2CCN(c3cccc(Cl)c3)CC2)n1. The molecule has 2 aliphatic rings. The molecular formula is C24H26ClN5O3S. The first-order chi connectivity index (χ1) is 16.3. The van der Waals surface area contributed by atoms with Crippen LogP contribution in [0.15, 0.2) is 53.7 Å². The van der Waals surface area contributed by atoms with E-state index in [0.717, 1.165) is 24.9 Å². The van der Waals surface area contributed by atoms with Gasteiger partial charge in [-0.2, -0.15) is 9.40 Å². The summed E-state index contributed by atoms with van der Waals surface area (Å²) in [6, 6.07) is 13.4. The molecule has 5 rings (SSSR count). The lowest BCUT2D eigenvalue weighted by atomic mass is 10.1. The van der Waals surface area contributed by atoms with Gasteiger partial charge in [-0.15, -0.1) is 0 Å². The van der Waals surface area contributed by atoms with Crippen LogP contribution in [0.1, 0.15) is 27.9 Å². The van der Waals surface area contributed by atoms with Crippen LogP contribution < -0.4 is 10.2 Å². The number of nitrogens with zero attached hydrogens (tertiary/aromatic N) is 4. The highest BCUT2D eigenvalue weighted by atomic mass is 35.5. The molecule has 2 heterocycles. The fraction of sp³-hybridized carbons (Fsp3) is 0.333. The van der Waals surface area contributed by atoms with Gasteiger partial charge in [0.05, 0.1) is 5.56 Å². The summed E-state index contributed by atoms with van der Waals surface area (Å²) in [6.07, 6.45) is 4.62.